The molecule has 1 aromatic carbocycles. The van der Waals surface area contributed by atoms with Crippen LogP contribution in [-0.2, 0) is 6.54 Å². The van der Waals surface area contributed by atoms with E-state index in [1.807, 2.05) is 24.4 Å². The van der Waals surface area contributed by atoms with E-state index in [1.165, 1.54) is 0 Å². The van der Waals surface area contributed by atoms with Crippen molar-refractivity contribution in [2.45, 2.75) is 13.5 Å². The van der Waals surface area contributed by atoms with Crippen LogP contribution in [0.5, 0.6) is 0 Å². The minimum atomic E-state index is -0.0845. The summed E-state index contributed by atoms with van der Waals surface area (Å²) in [5, 5.41) is 2.97. The summed E-state index contributed by atoms with van der Waals surface area (Å²) in [5.41, 5.74) is 7.74. The summed E-state index contributed by atoms with van der Waals surface area (Å²) in [7, 11) is 1.75. The maximum atomic E-state index is 12.2. The van der Waals surface area contributed by atoms with Gasteiger partial charge in [-0.15, -0.1) is 11.3 Å². The van der Waals surface area contributed by atoms with Gasteiger partial charge in [-0.25, -0.2) is 4.98 Å². The van der Waals surface area contributed by atoms with Crippen molar-refractivity contribution in [2.24, 2.45) is 0 Å². The van der Waals surface area contributed by atoms with Gasteiger partial charge < -0.3 is 10.6 Å². The number of carbonyl (C=O) groups is 1. The summed E-state index contributed by atoms with van der Waals surface area (Å²) in [4.78, 5) is 18.2. The van der Waals surface area contributed by atoms with Gasteiger partial charge >= 0.3 is 0 Å². The van der Waals surface area contributed by atoms with Crippen LogP contribution in [0.3, 0.4) is 0 Å². The van der Waals surface area contributed by atoms with E-state index in [2.05, 4.69) is 4.98 Å². The summed E-state index contributed by atoms with van der Waals surface area (Å²) in [6.07, 6.45) is 0. The zero-order valence-electron chi connectivity index (χ0n) is 10.4. The van der Waals surface area contributed by atoms with E-state index in [0.717, 1.165) is 10.7 Å². The van der Waals surface area contributed by atoms with Gasteiger partial charge in [0, 0.05) is 18.1 Å². The zero-order chi connectivity index (χ0) is 13.1. The fraction of sp³-hybridized carbons (Fsp3) is 0.231. The molecular weight excluding hydrogens is 246 g/mol. The van der Waals surface area contributed by atoms with Gasteiger partial charge in [0.05, 0.1) is 22.8 Å². The Hall–Kier alpha value is -1.88. The molecule has 1 amide bonds. The first-order valence-electron chi connectivity index (χ1n) is 5.59. The van der Waals surface area contributed by atoms with Gasteiger partial charge in [-0.1, -0.05) is 12.1 Å². The maximum Gasteiger partial charge on any atom is 0.256 e. The number of thiazole rings is 1. The molecule has 2 rings (SSSR count). The third kappa shape index (κ3) is 2.68. The number of nitrogens with two attached hydrogens (primary N) is 1. The molecule has 0 aliphatic rings. The molecule has 1 heterocycles. The molecule has 18 heavy (non-hydrogen) atoms. The molecule has 0 saturated carbocycles. The standard InChI is InChI=1S/C13H15N3OS/c1-9-15-10(8-18-9)7-16(2)13(17)11-5-3-4-6-12(11)14/h3-6,8H,7,14H2,1-2H3. The van der Waals surface area contributed by atoms with Crippen molar-refractivity contribution in [3.05, 3.63) is 45.9 Å². The quantitative estimate of drug-likeness (QED) is 0.862. The Morgan fingerprint density at radius 2 is 2.17 bits per heavy atom. The zero-order valence-corrected chi connectivity index (χ0v) is 11.2. The number of benzene rings is 1. The van der Waals surface area contributed by atoms with Crippen LogP contribution in [0.4, 0.5) is 5.69 Å². The number of nitrogen functional groups attached to an aromatic ring is 1. The number of carbonyl (C=O) groups excluding carboxylic acids is 1. The van der Waals surface area contributed by atoms with E-state index in [1.54, 1.807) is 35.4 Å². The monoisotopic (exact) mass is 261 g/mol. The SMILES string of the molecule is Cc1nc(CN(C)C(=O)c2ccccc2N)cs1. The summed E-state index contributed by atoms with van der Waals surface area (Å²) in [5.74, 6) is -0.0845. The van der Waals surface area contributed by atoms with Crippen LogP contribution < -0.4 is 5.73 Å². The number of nitrogens with zero attached hydrogens (tertiary/aromatic N) is 2. The number of aryl methyl sites for hydroxylation is 1. The molecule has 0 atom stereocenters. The van der Waals surface area contributed by atoms with Crippen molar-refractivity contribution in [3.63, 3.8) is 0 Å². The highest BCUT2D eigenvalue weighted by atomic mass is 32.1. The lowest BCUT2D eigenvalue weighted by Crippen LogP contribution is -2.27. The smallest absolute Gasteiger partial charge is 0.256 e. The Labute approximate surface area is 110 Å². The van der Waals surface area contributed by atoms with Crippen LogP contribution in [0, 0.1) is 6.92 Å². The Kier molecular flexibility index (Phi) is 3.62. The second-order valence-electron chi connectivity index (χ2n) is 4.11. The number of amides is 1. The van der Waals surface area contributed by atoms with Gasteiger partial charge in [0.15, 0.2) is 0 Å². The van der Waals surface area contributed by atoms with Crippen LogP contribution in [0.15, 0.2) is 29.6 Å². The Morgan fingerprint density at radius 1 is 1.44 bits per heavy atom. The van der Waals surface area contributed by atoms with Gasteiger partial charge in [-0.3, -0.25) is 4.79 Å². The van der Waals surface area contributed by atoms with Crippen molar-refractivity contribution in [3.8, 4) is 0 Å². The Balaban J connectivity index is 2.12. The second kappa shape index (κ2) is 5.18. The van der Waals surface area contributed by atoms with Crippen LogP contribution in [0.25, 0.3) is 0 Å². The predicted molar refractivity (Wildman–Crippen MR) is 73.5 cm³/mol. The van der Waals surface area contributed by atoms with Crippen LogP contribution >= 0.6 is 11.3 Å². The molecule has 0 saturated heterocycles. The molecule has 4 nitrogen and oxygen atoms in total. The molecule has 0 spiro atoms. The summed E-state index contributed by atoms with van der Waals surface area (Å²) in [6.45, 7) is 2.45. The predicted octanol–water partition coefficient (Wildman–Crippen LogP) is 2.31. The molecule has 0 fully saturated rings. The largest absolute Gasteiger partial charge is 0.398 e. The third-order valence-corrected chi connectivity index (χ3v) is 3.43. The number of hydrogen-bond donors (Lipinski definition) is 1. The minimum absolute atomic E-state index is 0.0845. The average molecular weight is 261 g/mol. The van der Waals surface area contributed by atoms with E-state index in [4.69, 9.17) is 5.73 Å². The topological polar surface area (TPSA) is 59.2 Å². The fourth-order valence-electron chi connectivity index (χ4n) is 1.69. The van der Waals surface area contributed by atoms with Crippen LogP contribution in [-0.4, -0.2) is 22.8 Å². The van der Waals surface area contributed by atoms with Crippen LogP contribution in [0.2, 0.25) is 0 Å². The van der Waals surface area contributed by atoms with Crippen molar-refractivity contribution < 1.29 is 4.79 Å². The van der Waals surface area contributed by atoms with E-state index >= 15 is 0 Å². The molecule has 5 heteroatoms. The minimum Gasteiger partial charge on any atom is -0.398 e. The number of rotatable bonds is 3. The third-order valence-electron chi connectivity index (χ3n) is 2.60. The van der Waals surface area contributed by atoms with E-state index in [-0.39, 0.29) is 5.91 Å². The van der Waals surface area contributed by atoms with Gasteiger partial charge in [0.2, 0.25) is 0 Å². The van der Waals surface area contributed by atoms with Crippen molar-refractivity contribution in [2.75, 3.05) is 12.8 Å². The maximum absolute atomic E-state index is 12.2. The summed E-state index contributed by atoms with van der Waals surface area (Å²) < 4.78 is 0. The van der Waals surface area contributed by atoms with Gasteiger partial charge in [-0.2, -0.15) is 0 Å². The molecule has 0 aliphatic heterocycles. The average Bonchev–Trinajstić information content (AvgIpc) is 2.74. The number of anilines is 1. The normalized spacial score (nSPS) is 10.3. The highest BCUT2D eigenvalue weighted by Gasteiger charge is 2.15. The first-order chi connectivity index (χ1) is 8.58. The van der Waals surface area contributed by atoms with Crippen molar-refractivity contribution >= 4 is 22.9 Å². The lowest BCUT2D eigenvalue weighted by Gasteiger charge is -2.16. The molecule has 2 N–H and O–H groups in total. The lowest BCUT2D eigenvalue weighted by molar-refractivity contribution is 0.0784. The van der Waals surface area contributed by atoms with Crippen molar-refractivity contribution in [1.82, 2.24) is 9.88 Å². The van der Waals surface area contributed by atoms with Crippen molar-refractivity contribution in [1.29, 1.82) is 0 Å². The molecule has 0 bridgehead atoms. The number of hydrogen-bond acceptors (Lipinski definition) is 4. The molecule has 94 valence electrons. The second-order valence-corrected chi connectivity index (χ2v) is 5.17. The van der Waals surface area contributed by atoms with E-state index < -0.39 is 0 Å². The van der Waals surface area contributed by atoms with Gasteiger partial charge in [-0.05, 0) is 19.1 Å². The number of aromatic nitrogens is 1. The highest BCUT2D eigenvalue weighted by Crippen LogP contribution is 2.15. The molecule has 0 radical (unpaired) electrons. The summed E-state index contributed by atoms with van der Waals surface area (Å²) in [6, 6.07) is 7.09. The molecule has 1 aromatic heterocycles. The lowest BCUT2D eigenvalue weighted by atomic mass is 10.1. The van der Waals surface area contributed by atoms with E-state index in [0.29, 0.717) is 17.8 Å². The Morgan fingerprint density at radius 3 is 2.78 bits per heavy atom. The molecular formula is C13H15N3OS. The highest BCUT2D eigenvalue weighted by molar-refractivity contribution is 7.09. The van der Waals surface area contributed by atoms with E-state index in [9.17, 15) is 4.79 Å². The van der Waals surface area contributed by atoms with Crippen LogP contribution in [0.1, 0.15) is 21.1 Å². The first kappa shape index (κ1) is 12.6. The molecule has 2 aromatic rings. The fourth-order valence-corrected chi connectivity index (χ4v) is 2.30. The molecule has 0 aliphatic carbocycles. The Bertz CT molecular complexity index is 565. The summed E-state index contributed by atoms with van der Waals surface area (Å²) >= 11 is 1.58. The first-order valence-corrected chi connectivity index (χ1v) is 6.47. The molecule has 0 unspecified atom stereocenters. The van der Waals surface area contributed by atoms with Gasteiger partial charge in [0.1, 0.15) is 0 Å². The van der Waals surface area contributed by atoms with Gasteiger partial charge in [0.25, 0.3) is 5.91 Å². The number of para-hydroxylation sites is 1.